The second-order valence-corrected chi connectivity index (χ2v) is 16.4. The summed E-state index contributed by atoms with van der Waals surface area (Å²) in [5.74, 6) is 0. The molecule has 0 radical (unpaired) electrons. The average molecular weight is 566 g/mol. The summed E-state index contributed by atoms with van der Waals surface area (Å²) in [6.07, 6.45) is 1.84. The van der Waals surface area contributed by atoms with E-state index in [1.165, 1.54) is 32.3 Å². The standard InChI is InChI=1S/C39H27N3Si/c1-43(2)35-14-4-3-9-31(35)37-30-18-20-32(41-34(30)21-22-36(37)43)28-12-5-11-27-26(28)10-6-13-29(27)33-19-17-25-16-15-24-8-7-23-40-38(24)39(25)42-33/h3-23H,1-2H3. The van der Waals surface area contributed by atoms with Crippen molar-refractivity contribution in [3.05, 3.63) is 128 Å². The summed E-state index contributed by atoms with van der Waals surface area (Å²) in [7, 11) is -1.72. The molecule has 0 saturated heterocycles. The molecule has 0 aliphatic carbocycles. The first-order chi connectivity index (χ1) is 21.1. The van der Waals surface area contributed by atoms with Gasteiger partial charge in [0.15, 0.2) is 0 Å². The van der Waals surface area contributed by atoms with Crippen LogP contribution in [0.4, 0.5) is 0 Å². The largest absolute Gasteiger partial charge is 0.254 e. The molecule has 1 aliphatic heterocycles. The predicted molar refractivity (Wildman–Crippen MR) is 183 cm³/mol. The normalized spacial score (nSPS) is 13.5. The second-order valence-electron chi connectivity index (χ2n) is 12.0. The van der Waals surface area contributed by atoms with E-state index in [-0.39, 0.29) is 0 Å². The van der Waals surface area contributed by atoms with E-state index in [2.05, 4.69) is 133 Å². The van der Waals surface area contributed by atoms with Crippen molar-refractivity contribution in [2.24, 2.45) is 0 Å². The summed E-state index contributed by atoms with van der Waals surface area (Å²) in [6.45, 7) is 4.92. The van der Waals surface area contributed by atoms with E-state index in [4.69, 9.17) is 9.97 Å². The van der Waals surface area contributed by atoms with Gasteiger partial charge in [0.05, 0.1) is 27.9 Å². The lowest BCUT2D eigenvalue weighted by atomic mass is 9.95. The Morgan fingerprint density at radius 3 is 1.95 bits per heavy atom. The zero-order chi connectivity index (χ0) is 28.7. The first kappa shape index (κ1) is 24.4. The summed E-state index contributed by atoms with van der Waals surface area (Å²) in [6, 6.07) is 43.6. The van der Waals surface area contributed by atoms with Gasteiger partial charge in [-0.05, 0) is 56.5 Å². The van der Waals surface area contributed by atoms with Crippen molar-refractivity contribution < 1.29 is 0 Å². The maximum Gasteiger partial charge on any atom is 0.113 e. The lowest BCUT2D eigenvalue weighted by Crippen LogP contribution is -2.49. The third-order valence-corrected chi connectivity index (χ3v) is 12.9. The molecule has 0 N–H and O–H groups in total. The van der Waals surface area contributed by atoms with Gasteiger partial charge in [0, 0.05) is 33.5 Å². The Hall–Kier alpha value is -5.19. The molecule has 4 heterocycles. The van der Waals surface area contributed by atoms with E-state index in [1.807, 2.05) is 12.3 Å². The number of nitrogens with zero attached hydrogens (tertiary/aromatic N) is 3. The second kappa shape index (κ2) is 8.90. The minimum atomic E-state index is -1.72. The molecule has 5 aromatic carbocycles. The molecule has 0 bridgehead atoms. The number of benzene rings is 5. The van der Waals surface area contributed by atoms with Crippen molar-refractivity contribution >= 4 is 61.9 Å². The van der Waals surface area contributed by atoms with E-state index in [9.17, 15) is 0 Å². The predicted octanol–water partition coefficient (Wildman–Crippen LogP) is 8.62. The van der Waals surface area contributed by atoms with Crippen LogP contribution in [-0.2, 0) is 0 Å². The third kappa shape index (κ3) is 3.50. The van der Waals surface area contributed by atoms with E-state index >= 15 is 0 Å². The molecule has 8 aromatic rings. The quantitative estimate of drug-likeness (QED) is 0.156. The number of hydrogen-bond acceptors (Lipinski definition) is 3. The fourth-order valence-electron chi connectivity index (χ4n) is 7.19. The SMILES string of the molecule is C[Si]1(C)c2ccccc2-c2c1ccc1nc(-c3cccc4c(-c5ccc6ccc7cccnc7c6n5)cccc34)ccc21. The van der Waals surface area contributed by atoms with Crippen molar-refractivity contribution in [1.82, 2.24) is 15.0 Å². The molecular weight excluding hydrogens is 539 g/mol. The van der Waals surface area contributed by atoms with Crippen LogP contribution in [0.1, 0.15) is 0 Å². The lowest BCUT2D eigenvalue weighted by Gasteiger charge is -2.18. The van der Waals surface area contributed by atoms with Gasteiger partial charge in [-0.3, -0.25) is 4.98 Å². The molecule has 0 saturated carbocycles. The zero-order valence-corrected chi connectivity index (χ0v) is 25.0. The summed E-state index contributed by atoms with van der Waals surface area (Å²) >= 11 is 0. The molecule has 0 unspecified atom stereocenters. The average Bonchev–Trinajstić information content (AvgIpc) is 3.30. The molecule has 0 spiro atoms. The highest BCUT2D eigenvalue weighted by Crippen LogP contribution is 2.38. The van der Waals surface area contributed by atoms with Gasteiger partial charge in [0.25, 0.3) is 0 Å². The smallest absolute Gasteiger partial charge is 0.113 e. The van der Waals surface area contributed by atoms with Gasteiger partial charge in [-0.15, -0.1) is 0 Å². The number of hydrogen-bond donors (Lipinski definition) is 0. The summed E-state index contributed by atoms with van der Waals surface area (Å²) in [4.78, 5) is 15.1. The molecule has 0 fully saturated rings. The first-order valence-corrected chi connectivity index (χ1v) is 17.8. The van der Waals surface area contributed by atoms with Gasteiger partial charge < -0.3 is 0 Å². The van der Waals surface area contributed by atoms with E-state index < -0.39 is 8.07 Å². The van der Waals surface area contributed by atoms with Crippen molar-refractivity contribution in [1.29, 1.82) is 0 Å². The first-order valence-electron chi connectivity index (χ1n) is 14.8. The molecule has 1 aliphatic rings. The Labute approximate surface area is 250 Å². The highest BCUT2D eigenvalue weighted by molar-refractivity contribution is 7.04. The molecule has 3 aromatic heterocycles. The van der Waals surface area contributed by atoms with Crippen LogP contribution in [0, 0.1) is 0 Å². The van der Waals surface area contributed by atoms with Crippen molar-refractivity contribution in [3.63, 3.8) is 0 Å². The van der Waals surface area contributed by atoms with Crippen LogP contribution in [0.3, 0.4) is 0 Å². The van der Waals surface area contributed by atoms with Crippen LogP contribution in [0.25, 0.3) is 77.1 Å². The van der Waals surface area contributed by atoms with Crippen LogP contribution in [0.2, 0.25) is 13.1 Å². The fourth-order valence-corrected chi connectivity index (χ4v) is 10.3. The van der Waals surface area contributed by atoms with Crippen LogP contribution in [0.15, 0.2) is 128 Å². The topological polar surface area (TPSA) is 38.7 Å². The molecule has 202 valence electrons. The van der Waals surface area contributed by atoms with Gasteiger partial charge in [-0.2, -0.15) is 0 Å². The zero-order valence-electron chi connectivity index (χ0n) is 24.0. The molecule has 3 nitrogen and oxygen atoms in total. The molecule has 9 rings (SSSR count). The summed E-state index contributed by atoms with van der Waals surface area (Å²) in [5.41, 5.74) is 9.84. The monoisotopic (exact) mass is 565 g/mol. The highest BCUT2D eigenvalue weighted by atomic mass is 28.3. The number of aromatic nitrogens is 3. The fraction of sp³-hybridized carbons (Fsp3) is 0.0513. The lowest BCUT2D eigenvalue weighted by molar-refractivity contribution is 1.37. The van der Waals surface area contributed by atoms with E-state index in [0.29, 0.717) is 0 Å². The van der Waals surface area contributed by atoms with Crippen molar-refractivity contribution in [2.45, 2.75) is 13.1 Å². The minimum absolute atomic E-state index is 0.931. The van der Waals surface area contributed by atoms with Gasteiger partial charge in [-0.1, -0.05) is 110 Å². The molecular formula is C39H27N3Si. The number of fused-ring (bicyclic) bond motifs is 9. The Bertz CT molecular complexity index is 2440. The Morgan fingerprint density at radius 1 is 0.465 bits per heavy atom. The molecule has 0 atom stereocenters. The highest BCUT2D eigenvalue weighted by Gasteiger charge is 2.38. The van der Waals surface area contributed by atoms with Crippen LogP contribution >= 0.6 is 0 Å². The summed E-state index contributed by atoms with van der Waals surface area (Å²) < 4.78 is 0. The van der Waals surface area contributed by atoms with Crippen molar-refractivity contribution in [3.8, 4) is 33.6 Å². The Balaban J connectivity index is 1.21. The van der Waals surface area contributed by atoms with Gasteiger partial charge in [0.2, 0.25) is 0 Å². The Morgan fingerprint density at radius 2 is 1.14 bits per heavy atom. The summed E-state index contributed by atoms with van der Waals surface area (Å²) in [5, 5.41) is 8.81. The van der Waals surface area contributed by atoms with Crippen LogP contribution < -0.4 is 10.4 Å². The van der Waals surface area contributed by atoms with E-state index in [1.54, 1.807) is 0 Å². The van der Waals surface area contributed by atoms with Gasteiger partial charge in [0.1, 0.15) is 8.07 Å². The maximum absolute atomic E-state index is 5.26. The van der Waals surface area contributed by atoms with E-state index in [0.717, 1.165) is 55.2 Å². The maximum atomic E-state index is 5.26. The van der Waals surface area contributed by atoms with Crippen molar-refractivity contribution in [2.75, 3.05) is 0 Å². The Kier molecular flexibility index (Phi) is 5.05. The van der Waals surface area contributed by atoms with Gasteiger partial charge >= 0.3 is 0 Å². The van der Waals surface area contributed by atoms with Crippen LogP contribution in [0.5, 0.6) is 0 Å². The number of pyridine rings is 3. The minimum Gasteiger partial charge on any atom is -0.254 e. The molecule has 43 heavy (non-hydrogen) atoms. The molecule has 0 amide bonds. The molecule has 4 heteroatoms. The number of rotatable bonds is 2. The van der Waals surface area contributed by atoms with Gasteiger partial charge in [-0.25, -0.2) is 9.97 Å². The third-order valence-electron chi connectivity index (χ3n) is 9.32. The van der Waals surface area contributed by atoms with Crippen LogP contribution in [-0.4, -0.2) is 23.0 Å².